The number of hydrogen-bond acceptors (Lipinski definition) is 5. The molecular formula is C10H15BN2O3. The van der Waals surface area contributed by atoms with Crippen LogP contribution in [0, 0.1) is 0 Å². The van der Waals surface area contributed by atoms with Crippen molar-refractivity contribution >= 4 is 13.1 Å². The van der Waals surface area contributed by atoms with Crippen LogP contribution in [0.5, 0.6) is 5.75 Å². The Hall–Kier alpha value is -1.27. The molecule has 2 heterocycles. The van der Waals surface area contributed by atoms with Crippen LogP contribution in [0.3, 0.4) is 0 Å². The molecule has 2 N–H and O–H groups in total. The van der Waals surface area contributed by atoms with E-state index in [-0.39, 0.29) is 0 Å². The third-order valence-corrected chi connectivity index (χ3v) is 2.64. The van der Waals surface area contributed by atoms with Crippen LogP contribution in [0.15, 0.2) is 18.3 Å². The molecule has 0 atom stereocenters. The maximum Gasteiger partial charge on any atom is 0.707 e. The smallest absolute Gasteiger partial charge is 0.511 e. The maximum absolute atomic E-state index is 8.62. The van der Waals surface area contributed by atoms with Crippen molar-refractivity contribution in [2.75, 3.05) is 18.0 Å². The zero-order valence-corrected chi connectivity index (χ0v) is 9.04. The lowest BCUT2D eigenvalue weighted by molar-refractivity contribution is 0.287. The van der Waals surface area contributed by atoms with E-state index < -0.39 is 7.32 Å². The number of anilines is 1. The SMILES string of the molecule is OB(O)Oc1ccc(N2CCCCC2)nc1. The molecule has 0 radical (unpaired) electrons. The molecule has 1 fully saturated rings. The van der Waals surface area contributed by atoms with Crippen LogP contribution in [-0.4, -0.2) is 35.4 Å². The Morgan fingerprint density at radius 1 is 1.19 bits per heavy atom. The Morgan fingerprint density at radius 3 is 2.50 bits per heavy atom. The highest BCUT2D eigenvalue weighted by Crippen LogP contribution is 2.19. The van der Waals surface area contributed by atoms with E-state index in [4.69, 9.17) is 10.0 Å². The van der Waals surface area contributed by atoms with Crippen molar-refractivity contribution in [3.8, 4) is 5.75 Å². The Kier molecular flexibility index (Phi) is 3.64. The molecule has 16 heavy (non-hydrogen) atoms. The maximum atomic E-state index is 8.62. The minimum Gasteiger partial charge on any atom is -0.511 e. The second-order valence-corrected chi connectivity index (χ2v) is 3.84. The van der Waals surface area contributed by atoms with Gasteiger partial charge in [-0.25, -0.2) is 4.98 Å². The molecule has 1 saturated heterocycles. The molecule has 0 spiro atoms. The highest BCUT2D eigenvalue weighted by molar-refractivity contribution is 6.33. The molecule has 5 nitrogen and oxygen atoms in total. The van der Waals surface area contributed by atoms with Crippen LogP contribution in [0.25, 0.3) is 0 Å². The van der Waals surface area contributed by atoms with E-state index in [1.165, 1.54) is 25.5 Å². The van der Waals surface area contributed by atoms with Crippen molar-refractivity contribution in [3.05, 3.63) is 18.3 Å². The quantitative estimate of drug-likeness (QED) is 0.725. The average Bonchev–Trinajstić information content (AvgIpc) is 2.30. The topological polar surface area (TPSA) is 65.8 Å². The van der Waals surface area contributed by atoms with E-state index in [1.807, 2.05) is 6.07 Å². The van der Waals surface area contributed by atoms with Gasteiger partial charge in [-0.2, -0.15) is 0 Å². The van der Waals surface area contributed by atoms with Gasteiger partial charge in [0.1, 0.15) is 11.6 Å². The Labute approximate surface area is 94.9 Å². The number of pyridine rings is 1. The highest BCUT2D eigenvalue weighted by atomic mass is 16.6. The minimum atomic E-state index is -1.79. The number of nitrogens with zero attached hydrogens (tertiary/aromatic N) is 2. The van der Waals surface area contributed by atoms with Gasteiger partial charge in [0.15, 0.2) is 0 Å². The fourth-order valence-electron chi connectivity index (χ4n) is 1.87. The summed E-state index contributed by atoms with van der Waals surface area (Å²) >= 11 is 0. The number of hydrogen-bond donors (Lipinski definition) is 2. The van der Waals surface area contributed by atoms with Crippen LogP contribution >= 0.6 is 0 Å². The summed E-state index contributed by atoms with van der Waals surface area (Å²) in [7, 11) is -1.79. The standard InChI is InChI=1S/C10H15BN2O3/c14-11(15)16-9-4-5-10(12-8-9)13-6-2-1-3-7-13/h4-5,8,14-15H,1-3,6-7H2. The summed E-state index contributed by atoms with van der Waals surface area (Å²) in [6.45, 7) is 2.08. The van der Waals surface area contributed by atoms with Crippen LogP contribution in [-0.2, 0) is 0 Å². The first-order chi connectivity index (χ1) is 7.75. The predicted molar refractivity (Wildman–Crippen MR) is 61.1 cm³/mol. The number of rotatable bonds is 3. The van der Waals surface area contributed by atoms with Gasteiger partial charge in [0.25, 0.3) is 0 Å². The fourth-order valence-corrected chi connectivity index (χ4v) is 1.87. The Morgan fingerprint density at radius 2 is 1.94 bits per heavy atom. The Bertz CT molecular complexity index is 325. The van der Waals surface area contributed by atoms with Gasteiger partial charge in [-0.15, -0.1) is 0 Å². The lowest BCUT2D eigenvalue weighted by Gasteiger charge is -2.27. The van der Waals surface area contributed by atoms with Crippen LogP contribution < -0.4 is 9.55 Å². The van der Waals surface area contributed by atoms with Gasteiger partial charge in [0, 0.05) is 13.1 Å². The van der Waals surface area contributed by atoms with Gasteiger partial charge in [0.05, 0.1) is 6.20 Å². The monoisotopic (exact) mass is 222 g/mol. The van der Waals surface area contributed by atoms with Crippen molar-refractivity contribution in [3.63, 3.8) is 0 Å². The summed E-state index contributed by atoms with van der Waals surface area (Å²) in [5, 5.41) is 17.2. The highest BCUT2D eigenvalue weighted by Gasteiger charge is 2.14. The summed E-state index contributed by atoms with van der Waals surface area (Å²) in [5.41, 5.74) is 0. The molecule has 86 valence electrons. The molecule has 0 unspecified atom stereocenters. The molecule has 2 rings (SSSR count). The number of aromatic nitrogens is 1. The summed E-state index contributed by atoms with van der Waals surface area (Å²) in [5.74, 6) is 1.27. The second-order valence-electron chi connectivity index (χ2n) is 3.84. The van der Waals surface area contributed by atoms with E-state index in [1.54, 1.807) is 6.07 Å². The molecule has 0 amide bonds. The lowest BCUT2D eigenvalue weighted by atomic mass is 10.1. The normalized spacial score (nSPS) is 16.0. The van der Waals surface area contributed by atoms with Crippen LogP contribution in [0.2, 0.25) is 0 Å². The van der Waals surface area contributed by atoms with E-state index in [2.05, 4.69) is 14.5 Å². The van der Waals surface area contributed by atoms with E-state index in [9.17, 15) is 0 Å². The zero-order chi connectivity index (χ0) is 11.4. The second kappa shape index (κ2) is 5.18. The third-order valence-electron chi connectivity index (χ3n) is 2.64. The van der Waals surface area contributed by atoms with Crippen LogP contribution in [0.1, 0.15) is 19.3 Å². The molecule has 1 aromatic rings. The molecule has 1 aliphatic heterocycles. The molecule has 6 heteroatoms. The zero-order valence-electron chi connectivity index (χ0n) is 9.04. The van der Waals surface area contributed by atoms with E-state index in [0.717, 1.165) is 18.9 Å². The summed E-state index contributed by atoms with van der Waals surface area (Å²) < 4.78 is 4.69. The van der Waals surface area contributed by atoms with Gasteiger partial charge in [-0.3, -0.25) is 0 Å². The van der Waals surface area contributed by atoms with E-state index in [0.29, 0.717) is 5.75 Å². The first kappa shape index (κ1) is 11.2. The van der Waals surface area contributed by atoms with Crippen molar-refractivity contribution in [2.24, 2.45) is 0 Å². The molecule has 1 aromatic heterocycles. The molecule has 0 saturated carbocycles. The Balaban J connectivity index is 2.00. The van der Waals surface area contributed by atoms with Gasteiger partial charge >= 0.3 is 7.32 Å². The fraction of sp³-hybridized carbons (Fsp3) is 0.500. The van der Waals surface area contributed by atoms with Crippen molar-refractivity contribution in [1.29, 1.82) is 0 Å². The van der Waals surface area contributed by atoms with Gasteiger partial charge in [-0.1, -0.05) is 0 Å². The predicted octanol–water partition coefficient (Wildman–Crippen LogP) is 0.420. The van der Waals surface area contributed by atoms with Gasteiger partial charge in [0.2, 0.25) is 0 Å². The largest absolute Gasteiger partial charge is 0.707 e. The van der Waals surface area contributed by atoms with Gasteiger partial charge < -0.3 is 19.6 Å². The lowest BCUT2D eigenvalue weighted by Crippen LogP contribution is -2.30. The van der Waals surface area contributed by atoms with E-state index >= 15 is 0 Å². The minimum absolute atomic E-state index is 0.357. The number of piperidine rings is 1. The van der Waals surface area contributed by atoms with Gasteiger partial charge in [-0.05, 0) is 31.4 Å². The van der Waals surface area contributed by atoms with Crippen molar-refractivity contribution < 1.29 is 14.7 Å². The first-order valence-electron chi connectivity index (χ1n) is 5.49. The first-order valence-corrected chi connectivity index (χ1v) is 5.49. The molecule has 1 aliphatic rings. The van der Waals surface area contributed by atoms with Crippen molar-refractivity contribution in [1.82, 2.24) is 4.98 Å². The summed E-state index contributed by atoms with van der Waals surface area (Å²) in [6.07, 6.45) is 5.20. The van der Waals surface area contributed by atoms with Crippen molar-refractivity contribution in [2.45, 2.75) is 19.3 Å². The summed E-state index contributed by atoms with van der Waals surface area (Å²) in [4.78, 5) is 6.46. The van der Waals surface area contributed by atoms with Crippen LogP contribution in [0.4, 0.5) is 5.82 Å². The third kappa shape index (κ3) is 2.87. The molecule has 0 aliphatic carbocycles. The average molecular weight is 222 g/mol. The molecule has 0 bridgehead atoms. The summed E-state index contributed by atoms with van der Waals surface area (Å²) in [6, 6.07) is 3.53. The molecular weight excluding hydrogens is 207 g/mol. The molecule has 0 aromatic carbocycles.